The van der Waals surface area contributed by atoms with Crippen LogP contribution in [0.5, 0.6) is 0 Å². The van der Waals surface area contributed by atoms with Crippen LogP contribution in [0.1, 0.15) is 36.2 Å². The molecule has 1 aromatic carbocycles. The van der Waals surface area contributed by atoms with Crippen LogP contribution in [0, 0.1) is 17.0 Å². The highest BCUT2D eigenvalue weighted by molar-refractivity contribution is 5.99. The fourth-order valence-electron chi connectivity index (χ4n) is 1.63. The second-order valence-electron chi connectivity index (χ2n) is 4.27. The second-order valence-corrected chi connectivity index (χ2v) is 4.27. The van der Waals surface area contributed by atoms with E-state index in [-0.39, 0.29) is 17.0 Å². The Hall–Kier alpha value is -2.24. The molecule has 0 aromatic heterocycles. The largest absolute Gasteiger partial charge is 0.343 e. The zero-order chi connectivity index (χ0) is 14.6. The van der Waals surface area contributed by atoms with Gasteiger partial charge in [-0.3, -0.25) is 19.7 Å². The number of nitro benzene ring substituents is 1. The van der Waals surface area contributed by atoms with Crippen molar-refractivity contribution in [1.82, 2.24) is 5.32 Å². The van der Waals surface area contributed by atoms with Gasteiger partial charge in [0.15, 0.2) is 5.78 Å². The lowest BCUT2D eigenvalue weighted by Gasteiger charge is -2.13. The lowest BCUT2D eigenvalue weighted by molar-refractivity contribution is -0.384. The van der Waals surface area contributed by atoms with Gasteiger partial charge in [-0.25, -0.2) is 0 Å². The number of hydrogen-bond acceptors (Lipinski definition) is 4. The summed E-state index contributed by atoms with van der Waals surface area (Å²) in [6.07, 6.45) is 0.329. The molecule has 0 spiro atoms. The molecule has 1 unspecified atom stereocenters. The third-order valence-electron chi connectivity index (χ3n) is 2.86. The summed E-state index contributed by atoms with van der Waals surface area (Å²) in [6, 6.07) is 3.47. The Balaban J connectivity index is 2.96. The number of carbonyl (C=O) groups excluding carboxylic acids is 2. The zero-order valence-electron chi connectivity index (χ0n) is 11.1. The summed E-state index contributed by atoms with van der Waals surface area (Å²) in [7, 11) is 0. The maximum Gasteiger partial charge on any atom is 0.270 e. The van der Waals surface area contributed by atoms with Crippen molar-refractivity contribution in [3.63, 3.8) is 0 Å². The van der Waals surface area contributed by atoms with E-state index in [2.05, 4.69) is 5.32 Å². The Morgan fingerprint density at radius 3 is 2.58 bits per heavy atom. The van der Waals surface area contributed by atoms with E-state index in [9.17, 15) is 19.7 Å². The van der Waals surface area contributed by atoms with E-state index in [1.54, 1.807) is 20.8 Å². The van der Waals surface area contributed by atoms with Gasteiger partial charge in [-0.2, -0.15) is 0 Å². The number of aryl methyl sites for hydroxylation is 1. The van der Waals surface area contributed by atoms with Crippen molar-refractivity contribution in [2.24, 2.45) is 0 Å². The minimum Gasteiger partial charge on any atom is -0.343 e. The van der Waals surface area contributed by atoms with Gasteiger partial charge < -0.3 is 5.32 Å². The SMILES string of the molecule is CCC(=O)C(C)NC(=O)c1cc([N+](=O)[O-])ccc1C. The molecule has 0 aliphatic heterocycles. The summed E-state index contributed by atoms with van der Waals surface area (Å²) < 4.78 is 0. The van der Waals surface area contributed by atoms with Crippen LogP contribution in [0.25, 0.3) is 0 Å². The quantitative estimate of drug-likeness (QED) is 0.650. The van der Waals surface area contributed by atoms with Crippen molar-refractivity contribution in [2.75, 3.05) is 0 Å². The van der Waals surface area contributed by atoms with E-state index in [1.807, 2.05) is 0 Å². The summed E-state index contributed by atoms with van der Waals surface area (Å²) in [5, 5.41) is 13.2. The number of rotatable bonds is 5. The average Bonchev–Trinajstić information content (AvgIpc) is 2.37. The van der Waals surface area contributed by atoms with Gasteiger partial charge >= 0.3 is 0 Å². The molecular weight excluding hydrogens is 248 g/mol. The third kappa shape index (κ3) is 3.61. The highest BCUT2D eigenvalue weighted by Gasteiger charge is 2.18. The highest BCUT2D eigenvalue weighted by atomic mass is 16.6. The van der Waals surface area contributed by atoms with Gasteiger partial charge in [0.05, 0.1) is 11.0 Å². The molecule has 0 saturated carbocycles. The lowest BCUT2D eigenvalue weighted by Crippen LogP contribution is -2.38. The first-order chi connectivity index (χ1) is 8.86. The number of hydrogen-bond donors (Lipinski definition) is 1. The minimum absolute atomic E-state index is 0.0866. The van der Waals surface area contributed by atoms with Crippen LogP contribution in [-0.2, 0) is 4.79 Å². The topological polar surface area (TPSA) is 89.3 Å². The minimum atomic E-state index is -0.601. The normalized spacial score (nSPS) is 11.7. The van der Waals surface area contributed by atoms with Crippen molar-refractivity contribution in [3.8, 4) is 0 Å². The highest BCUT2D eigenvalue weighted by Crippen LogP contribution is 2.17. The van der Waals surface area contributed by atoms with Crippen molar-refractivity contribution in [1.29, 1.82) is 0 Å². The molecule has 1 amide bonds. The van der Waals surface area contributed by atoms with Gasteiger partial charge in [-0.1, -0.05) is 13.0 Å². The van der Waals surface area contributed by atoms with Crippen LogP contribution in [0.4, 0.5) is 5.69 Å². The fraction of sp³-hybridized carbons (Fsp3) is 0.385. The Kier molecular flexibility index (Phi) is 4.74. The van der Waals surface area contributed by atoms with Crippen molar-refractivity contribution < 1.29 is 14.5 Å². The molecule has 0 heterocycles. The number of non-ortho nitro benzene ring substituents is 1. The smallest absolute Gasteiger partial charge is 0.270 e. The van der Waals surface area contributed by atoms with Gasteiger partial charge in [-0.15, -0.1) is 0 Å². The Morgan fingerprint density at radius 1 is 1.42 bits per heavy atom. The molecule has 0 radical (unpaired) electrons. The summed E-state index contributed by atoms with van der Waals surface area (Å²) in [5.74, 6) is -0.563. The maximum atomic E-state index is 12.0. The molecule has 6 nitrogen and oxygen atoms in total. The van der Waals surface area contributed by atoms with Gasteiger partial charge in [0.1, 0.15) is 0 Å². The summed E-state index contributed by atoms with van der Waals surface area (Å²) in [4.78, 5) is 33.5. The predicted octanol–water partition coefficient (Wildman–Crippen LogP) is 2.00. The molecular formula is C13H16N2O4. The van der Waals surface area contributed by atoms with Gasteiger partial charge in [-0.05, 0) is 19.4 Å². The van der Waals surface area contributed by atoms with E-state index in [0.717, 1.165) is 0 Å². The van der Waals surface area contributed by atoms with Crippen molar-refractivity contribution in [3.05, 3.63) is 39.4 Å². The predicted molar refractivity (Wildman–Crippen MR) is 70.1 cm³/mol. The summed E-state index contributed by atoms with van der Waals surface area (Å²) in [6.45, 7) is 4.99. The maximum absolute atomic E-state index is 12.0. The molecule has 1 N–H and O–H groups in total. The Morgan fingerprint density at radius 2 is 2.05 bits per heavy atom. The number of ketones is 1. The van der Waals surface area contributed by atoms with E-state index in [1.165, 1.54) is 18.2 Å². The molecule has 0 aliphatic rings. The molecule has 1 aromatic rings. The van der Waals surface area contributed by atoms with E-state index in [0.29, 0.717) is 12.0 Å². The van der Waals surface area contributed by atoms with Crippen LogP contribution < -0.4 is 5.32 Å². The van der Waals surface area contributed by atoms with Crippen LogP contribution in [0.15, 0.2) is 18.2 Å². The van der Waals surface area contributed by atoms with Gasteiger partial charge in [0.2, 0.25) is 0 Å². The fourth-order valence-corrected chi connectivity index (χ4v) is 1.63. The molecule has 0 saturated heterocycles. The number of carbonyl (C=O) groups is 2. The molecule has 19 heavy (non-hydrogen) atoms. The van der Waals surface area contributed by atoms with Crippen LogP contribution in [0.2, 0.25) is 0 Å². The van der Waals surface area contributed by atoms with Crippen molar-refractivity contribution >= 4 is 17.4 Å². The molecule has 0 fully saturated rings. The Labute approximate surface area is 111 Å². The van der Waals surface area contributed by atoms with Gasteiger partial charge in [0, 0.05) is 24.1 Å². The van der Waals surface area contributed by atoms with Crippen molar-refractivity contribution in [2.45, 2.75) is 33.2 Å². The first-order valence-corrected chi connectivity index (χ1v) is 5.95. The van der Waals surface area contributed by atoms with Crippen LogP contribution in [-0.4, -0.2) is 22.7 Å². The molecule has 102 valence electrons. The number of Topliss-reactive ketones (excluding diaryl/α,β-unsaturated/α-hetero) is 1. The molecule has 1 rings (SSSR count). The first kappa shape index (κ1) is 14.8. The standard InChI is InChI=1S/C13H16N2O4/c1-4-12(16)9(3)14-13(17)11-7-10(15(18)19)6-5-8(11)2/h5-7,9H,4H2,1-3H3,(H,14,17). The van der Waals surface area contributed by atoms with Crippen LogP contribution >= 0.6 is 0 Å². The van der Waals surface area contributed by atoms with E-state index in [4.69, 9.17) is 0 Å². The average molecular weight is 264 g/mol. The van der Waals surface area contributed by atoms with Crippen LogP contribution in [0.3, 0.4) is 0 Å². The number of nitrogens with one attached hydrogen (secondary N) is 1. The third-order valence-corrected chi connectivity index (χ3v) is 2.86. The number of benzene rings is 1. The second kappa shape index (κ2) is 6.08. The number of nitro groups is 1. The van der Waals surface area contributed by atoms with E-state index < -0.39 is 16.9 Å². The zero-order valence-corrected chi connectivity index (χ0v) is 11.1. The lowest BCUT2D eigenvalue weighted by atomic mass is 10.1. The number of amides is 1. The molecule has 6 heteroatoms. The molecule has 0 bridgehead atoms. The van der Waals surface area contributed by atoms with Gasteiger partial charge in [0.25, 0.3) is 11.6 Å². The molecule has 0 aliphatic carbocycles. The summed E-state index contributed by atoms with van der Waals surface area (Å²) >= 11 is 0. The monoisotopic (exact) mass is 264 g/mol. The number of nitrogens with zero attached hydrogens (tertiary/aromatic N) is 1. The molecule has 1 atom stereocenters. The first-order valence-electron chi connectivity index (χ1n) is 5.95. The Bertz CT molecular complexity index is 525. The summed E-state index contributed by atoms with van der Waals surface area (Å²) in [5.41, 5.74) is 0.689. The van der Waals surface area contributed by atoms with E-state index >= 15 is 0 Å².